The van der Waals surface area contributed by atoms with Gasteiger partial charge in [0.25, 0.3) is 0 Å². The van der Waals surface area contributed by atoms with Crippen molar-refractivity contribution in [2.24, 2.45) is 7.05 Å². The van der Waals surface area contributed by atoms with Gasteiger partial charge in [0, 0.05) is 30.4 Å². The lowest BCUT2D eigenvalue weighted by molar-refractivity contribution is 0.215. The average molecular weight is 274 g/mol. The van der Waals surface area contributed by atoms with Crippen LogP contribution < -0.4 is 0 Å². The first-order valence-electron chi connectivity index (χ1n) is 7.22. The van der Waals surface area contributed by atoms with Gasteiger partial charge in [-0.15, -0.1) is 0 Å². The molecule has 0 amide bonds. The topological polar surface area (TPSA) is 47.1 Å². The Bertz CT molecular complexity index is 613. The Balaban J connectivity index is 1.85. The van der Waals surface area contributed by atoms with Crippen molar-refractivity contribution in [3.8, 4) is 0 Å². The number of aromatic nitrogens is 3. The monoisotopic (exact) mass is 274 g/mol. The van der Waals surface area contributed by atoms with Gasteiger partial charge in [0.05, 0.1) is 17.9 Å². The molecule has 2 aromatic rings. The van der Waals surface area contributed by atoms with E-state index in [1.165, 1.54) is 24.1 Å². The van der Waals surface area contributed by atoms with Gasteiger partial charge in [-0.25, -0.2) is 0 Å². The molecule has 1 atom stereocenters. The molecule has 3 rings (SSSR count). The molecule has 1 aliphatic rings. The Hall–Kier alpha value is -1.62. The third-order valence-corrected chi connectivity index (χ3v) is 4.30. The molecule has 1 aliphatic heterocycles. The molecule has 0 saturated carbocycles. The Morgan fingerprint density at radius 2 is 2.15 bits per heavy atom. The molecule has 0 spiro atoms. The molecule has 3 heterocycles. The summed E-state index contributed by atoms with van der Waals surface area (Å²) < 4.78 is 7.35. The van der Waals surface area contributed by atoms with Gasteiger partial charge in [0.2, 0.25) is 0 Å². The van der Waals surface area contributed by atoms with Crippen LogP contribution in [0.5, 0.6) is 0 Å². The quantitative estimate of drug-likeness (QED) is 0.863. The number of rotatable bonds is 3. The Labute approximate surface area is 119 Å². The molecule has 1 saturated heterocycles. The summed E-state index contributed by atoms with van der Waals surface area (Å²) in [6.45, 7) is 8.17. The Morgan fingerprint density at radius 3 is 2.75 bits per heavy atom. The van der Waals surface area contributed by atoms with Crippen LogP contribution in [0.1, 0.15) is 47.3 Å². The summed E-state index contributed by atoms with van der Waals surface area (Å²) >= 11 is 0. The minimum atomic E-state index is 0.453. The van der Waals surface area contributed by atoms with Gasteiger partial charge in [-0.2, -0.15) is 5.10 Å². The van der Waals surface area contributed by atoms with Crippen molar-refractivity contribution in [3.63, 3.8) is 0 Å². The van der Waals surface area contributed by atoms with Crippen molar-refractivity contribution in [1.29, 1.82) is 0 Å². The third kappa shape index (κ3) is 2.26. The Kier molecular flexibility index (Phi) is 3.38. The summed E-state index contributed by atoms with van der Waals surface area (Å²) in [6.07, 6.45) is 2.42. The zero-order chi connectivity index (χ0) is 14.3. The summed E-state index contributed by atoms with van der Waals surface area (Å²) in [4.78, 5) is 2.48. The maximum Gasteiger partial charge on any atom is 0.150 e. The minimum absolute atomic E-state index is 0.453. The van der Waals surface area contributed by atoms with E-state index >= 15 is 0 Å². The average Bonchev–Trinajstić information content (AvgIpc) is 3.05. The highest BCUT2D eigenvalue weighted by Gasteiger charge is 2.30. The third-order valence-electron chi connectivity index (χ3n) is 4.30. The molecular weight excluding hydrogens is 252 g/mol. The molecule has 0 aliphatic carbocycles. The number of likely N-dealkylation sites (tertiary alicyclic amines) is 1. The molecule has 0 N–H and O–H groups in total. The molecule has 5 nitrogen and oxygen atoms in total. The second-order valence-electron chi connectivity index (χ2n) is 5.77. The number of aryl methyl sites for hydroxylation is 3. The lowest BCUT2D eigenvalue weighted by Crippen LogP contribution is -2.23. The number of nitrogens with zero attached hydrogens (tertiary/aromatic N) is 4. The maximum absolute atomic E-state index is 5.36. The van der Waals surface area contributed by atoms with E-state index in [4.69, 9.17) is 4.52 Å². The fourth-order valence-corrected chi connectivity index (χ4v) is 3.31. The standard InChI is InChI=1S/C15H22N4O/c1-10-8-13(20-17-10)9-19-7-5-6-14(19)15-11(2)16-18(4)12(15)3/h8,14H,5-7,9H2,1-4H3/t14-/m0/s1. The molecule has 0 radical (unpaired) electrons. The van der Waals surface area contributed by atoms with Crippen LogP contribution in [0.4, 0.5) is 0 Å². The van der Waals surface area contributed by atoms with Crippen molar-refractivity contribution < 1.29 is 4.52 Å². The van der Waals surface area contributed by atoms with Gasteiger partial charge in [-0.3, -0.25) is 9.58 Å². The van der Waals surface area contributed by atoms with Crippen LogP contribution in [-0.2, 0) is 13.6 Å². The molecule has 1 fully saturated rings. The molecule has 2 aromatic heterocycles. The summed E-state index contributed by atoms with van der Waals surface area (Å²) in [7, 11) is 2.02. The van der Waals surface area contributed by atoms with Gasteiger partial charge in [-0.1, -0.05) is 5.16 Å². The van der Waals surface area contributed by atoms with Gasteiger partial charge >= 0.3 is 0 Å². The molecule has 108 valence electrons. The van der Waals surface area contributed by atoms with E-state index in [1.54, 1.807) is 0 Å². The zero-order valence-electron chi connectivity index (χ0n) is 12.7. The van der Waals surface area contributed by atoms with E-state index in [1.807, 2.05) is 24.7 Å². The van der Waals surface area contributed by atoms with Gasteiger partial charge < -0.3 is 4.52 Å². The minimum Gasteiger partial charge on any atom is -0.360 e. The normalized spacial score (nSPS) is 19.9. The van der Waals surface area contributed by atoms with Gasteiger partial charge in [0.1, 0.15) is 0 Å². The maximum atomic E-state index is 5.36. The second kappa shape index (κ2) is 5.05. The number of hydrogen-bond acceptors (Lipinski definition) is 4. The van der Waals surface area contributed by atoms with Crippen LogP contribution in [-0.4, -0.2) is 26.4 Å². The van der Waals surface area contributed by atoms with E-state index in [-0.39, 0.29) is 0 Å². The highest BCUT2D eigenvalue weighted by Crippen LogP contribution is 2.36. The summed E-state index contributed by atoms with van der Waals surface area (Å²) in [5, 5.41) is 8.53. The van der Waals surface area contributed by atoms with Crippen LogP contribution in [0.15, 0.2) is 10.6 Å². The summed E-state index contributed by atoms with van der Waals surface area (Å²) in [5.41, 5.74) is 4.76. The smallest absolute Gasteiger partial charge is 0.150 e. The molecular formula is C15H22N4O. The summed E-state index contributed by atoms with van der Waals surface area (Å²) in [5.74, 6) is 0.952. The first-order chi connectivity index (χ1) is 9.56. The van der Waals surface area contributed by atoms with E-state index < -0.39 is 0 Å². The fourth-order valence-electron chi connectivity index (χ4n) is 3.31. The van der Waals surface area contributed by atoms with Crippen LogP contribution in [0.25, 0.3) is 0 Å². The first kappa shape index (κ1) is 13.4. The lowest BCUT2D eigenvalue weighted by Gasteiger charge is -2.23. The molecule has 0 aromatic carbocycles. The highest BCUT2D eigenvalue weighted by atomic mass is 16.5. The zero-order valence-corrected chi connectivity index (χ0v) is 12.7. The number of hydrogen-bond donors (Lipinski definition) is 0. The molecule has 0 bridgehead atoms. The predicted molar refractivity (Wildman–Crippen MR) is 76.3 cm³/mol. The summed E-state index contributed by atoms with van der Waals surface area (Å²) in [6, 6.07) is 2.48. The van der Waals surface area contributed by atoms with Crippen molar-refractivity contribution >= 4 is 0 Å². The molecule has 0 unspecified atom stereocenters. The predicted octanol–water partition coefficient (Wildman–Crippen LogP) is 2.67. The van der Waals surface area contributed by atoms with Gasteiger partial charge in [0.15, 0.2) is 5.76 Å². The largest absolute Gasteiger partial charge is 0.360 e. The second-order valence-corrected chi connectivity index (χ2v) is 5.77. The van der Waals surface area contributed by atoms with Crippen LogP contribution >= 0.6 is 0 Å². The SMILES string of the molecule is Cc1cc(CN2CCC[C@H]2c2c(C)nn(C)c2C)on1. The van der Waals surface area contributed by atoms with Crippen LogP contribution in [0.3, 0.4) is 0 Å². The van der Waals surface area contributed by atoms with E-state index in [9.17, 15) is 0 Å². The van der Waals surface area contributed by atoms with E-state index in [0.717, 1.165) is 30.2 Å². The fraction of sp³-hybridized carbons (Fsp3) is 0.600. The van der Waals surface area contributed by atoms with Crippen LogP contribution in [0, 0.1) is 20.8 Å². The first-order valence-corrected chi connectivity index (χ1v) is 7.22. The highest BCUT2D eigenvalue weighted by molar-refractivity contribution is 5.29. The Morgan fingerprint density at radius 1 is 1.35 bits per heavy atom. The molecule has 5 heteroatoms. The van der Waals surface area contributed by atoms with Crippen molar-refractivity contribution in [1.82, 2.24) is 19.8 Å². The van der Waals surface area contributed by atoms with Crippen molar-refractivity contribution in [2.45, 2.75) is 46.2 Å². The van der Waals surface area contributed by atoms with Crippen molar-refractivity contribution in [2.75, 3.05) is 6.54 Å². The van der Waals surface area contributed by atoms with Gasteiger partial charge in [-0.05, 0) is 40.2 Å². The molecule has 20 heavy (non-hydrogen) atoms. The van der Waals surface area contributed by atoms with E-state index in [0.29, 0.717) is 6.04 Å². The lowest BCUT2D eigenvalue weighted by atomic mass is 10.0. The van der Waals surface area contributed by atoms with Crippen molar-refractivity contribution in [3.05, 3.63) is 34.5 Å². The van der Waals surface area contributed by atoms with E-state index in [2.05, 4.69) is 29.0 Å². The van der Waals surface area contributed by atoms with Crippen LogP contribution in [0.2, 0.25) is 0 Å².